The van der Waals surface area contributed by atoms with Gasteiger partial charge in [0.15, 0.2) is 0 Å². The Hall–Kier alpha value is -1.64. The lowest BCUT2D eigenvalue weighted by molar-refractivity contribution is 0.335. The number of nitrogens with one attached hydrogen (secondary N) is 1. The molecule has 0 bridgehead atoms. The molecule has 1 N–H and O–H groups in total. The van der Waals surface area contributed by atoms with Crippen molar-refractivity contribution in [3.8, 4) is 0 Å². The number of nitrogens with zero attached hydrogens (tertiary/aromatic N) is 2. The molecule has 0 saturated carbocycles. The summed E-state index contributed by atoms with van der Waals surface area (Å²) in [6.07, 6.45) is 3.15. The minimum atomic E-state index is -3.59. The van der Waals surface area contributed by atoms with E-state index in [0.29, 0.717) is 23.8 Å². The van der Waals surface area contributed by atoms with Crippen molar-refractivity contribution >= 4 is 10.2 Å². The van der Waals surface area contributed by atoms with Crippen molar-refractivity contribution in [2.24, 2.45) is 0 Å². The molecule has 2 aromatic heterocycles. The van der Waals surface area contributed by atoms with Gasteiger partial charge in [-0.25, -0.2) is 0 Å². The van der Waals surface area contributed by atoms with Crippen molar-refractivity contribution in [1.29, 1.82) is 0 Å². The molecule has 3 rings (SSSR count). The lowest BCUT2D eigenvalue weighted by Crippen LogP contribution is -2.40. The molecule has 3 heterocycles. The molecule has 1 aliphatic rings. The Labute approximate surface area is 129 Å². The fourth-order valence-electron chi connectivity index (χ4n) is 2.79. The van der Waals surface area contributed by atoms with Gasteiger partial charge in [-0.15, -0.1) is 0 Å². The van der Waals surface area contributed by atoms with Crippen LogP contribution < -0.4 is 4.72 Å². The first-order chi connectivity index (χ1) is 10.5. The summed E-state index contributed by atoms with van der Waals surface area (Å²) >= 11 is 0. The Morgan fingerprint density at radius 3 is 2.91 bits per heavy atom. The van der Waals surface area contributed by atoms with Gasteiger partial charge >= 0.3 is 0 Å². The molecular weight excluding hydrogens is 306 g/mol. The van der Waals surface area contributed by atoms with E-state index in [9.17, 15) is 8.42 Å². The molecule has 7 nitrogen and oxygen atoms in total. The zero-order valence-corrected chi connectivity index (χ0v) is 13.4. The first-order valence-electron chi connectivity index (χ1n) is 7.20. The van der Waals surface area contributed by atoms with E-state index in [0.717, 1.165) is 18.4 Å². The Bertz CT molecular complexity index is 717. The van der Waals surface area contributed by atoms with E-state index < -0.39 is 10.2 Å². The number of furan rings is 1. The summed E-state index contributed by atoms with van der Waals surface area (Å²) in [7, 11) is -3.59. The molecule has 8 heteroatoms. The van der Waals surface area contributed by atoms with Crippen LogP contribution in [0.1, 0.15) is 41.7 Å². The zero-order valence-electron chi connectivity index (χ0n) is 12.6. The average Bonchev–Trinajstić information content (AvgIpc) is 3.18. The van der Waals surface area contributed by atoms with Crippen LogP contribution in [0.15, 0.2) is 27.3 Å². The molecule has 0 amide bonds. The van der Waals surface area contributed by atoms with E-state index in [1.165, 1.54) is 4.31 Å². The van der Waals surface area contributed by atoms with E-state index >= 15 is 0 Å². The van der Waals surface area contributed by atoms with Gasteiger partial charge in [-0.3, -0.25) is 0 Å². The monoisotopic (exact) mass is 325 g/mol. The second-order valence-electron chi connectivity index (χ2n) is 5.41. The summed E-state index contributed by atoms with van der Waals surface area (Å²) in [5.41, 5.74) is 1.47. The maximum Gasteiger partial charge on any atom is 0.280 e. The van der Waals surface area contributed by atoms with Crippen LogP contribution in [0.3, 0.4) is 0 Å². The van der Waals surface area contributed by atoms with Crippen molar-refractivity contribution in [3.05, 3.63) is 41.2 Å². The standard InChI is InChI=1S/C14H19N3O4S/c1-10-12(11(2)21-16-10)9-15-22(18,19)17-7-3-5-13(17)14-6-4-8-20-14/h4,6,8,13,15H,3,5,7,9H2,1-2H3/t13-/m1/s1. The molecule has 0 aromatic carbocycles. The van der Waals surface area contributed by atoms with E-state index in [4.69, 9.17) is 8.94 Å². The number of rotatable bonds is 5. The summed E-state index contributed by atoms with van der Waals surface area (Å²) in [5, 5.41) is 3.83. The molecular formula is C14H19N3O4S. The lowest BCUT2D eigenvalue weighted by atomic mass is 10.2. The predicted octanol–water partition coefficient (Wildman–Crippen LogP) is 2.06. The first kappa shape index (κ1) is 15.3. The summed E-state index contributed by atoms with van der Waals surface area (Å²) in [6, 6.07) is 3.35. The van der Waals surface area contributed by atoms with Gasteiger partial charge < -0.3 is 8.94 Å². The SMILES string of the molecule is Cc1noc(C)c1CNS(=O)(=O)N1CCC[C@@H]1c1ccco1. The van der Waals surface area contributed by atoms with E-state index in [2.05, 4.69) is 9.88 Å². The minimum absolute atomic E-state index is 0.172. The van der Waals surface area contributed by atoms with Crippen LogP contribution in [0.2, 0.25) is 0 Å². The maximum absolute atomic E-state index is 12.6. The van der Waals surface area contributed by atoms with Crippen molar-refractivity contribution < 1.29 is 17.4 Å². The van der Waals surface area contributed by atoms with Gasteiger partial charge in [0.25, 0.3) is 10.2 Å². The quantitative estimate of drug-likeness (QED) is 0.909. The van der Waals surface area contributed by atoms with Crippen molar-refractivity contribution in [2.75, 3.05) is 6.54 Å². The fraction of sp³-hybridized carbons (Fsp3) is 0.500. The molecule has 0 aliphatic carbocycles. The summed E-state index contributed by atoms with van der Waals surface area (Å²) < 4.78 is 39.7. The third-order valence-corrected chi connectivity index (χ3v) is 5.56. The van der Waals surface area contributed by atoms with Crippen LogP contribution in [-0.2, 0) is 16.8 Å². The predicted molar refractivity (Wildman–Crippen MR) is 79.1 cm³/mol. The van der Waals surface area contributed by atoms with E-state index in [-0.39, 0.29) is 12.6 Å². The minimum Gasteiger partial charge on any atom is -0.468 e. The van der Waals surface area contributed by atoms with E-state index in [1.54, 1.807) is 26.2 Å². The largest absolute Gasteiger partial charge is 0.468 e. The van der Waals surface area contributed by atoms with Gasteiger partial charge in [-0.2, -0.15) is 17.4 Å². The molecule has 0 spiro atoms. The van der Waals surface area contributed by atoms with Crippen LogP contribution in [0, 0.1) is 13.8 Å². The Kier molecular flexibility index (Phi) is 4.07. The highest BCUT2D eigenvalue weighted by Crippen LogP contribution is 2.34. The summed E-state index contributed by atoms with van der Waals surface area (Å²) in [6.45, 7) is 4.22. The first-order valence-corrected chi connectivity index (χ1v) is 8.64. The average molecular weight is 325 g/mol. The fourth-order valence-corrected chi connectivity index (χ4v) is 4.20. The number of hydrogen-bond acceptors (Lipinski definition) is 5. The third kappa shape index (κ3) is 2.81. The summed E-state index contributed by atoms with van der Waals surface area (Å²) in [5.74, 6) is 1.31. The second-order valence-corrected chi connectivity index (χ2v) is 7.12. The zero-order chi connectivity index (χ0) is 15.7. The molecule has 1 aliphatic heterocycles. The molecule has 0 radical (unpaired) electrons. The van der Waals surface area contributed by atoms with Crippen LogP contribution in [0.5, 0.6) is 0 Å². The van der Waals surface area contributed by atoms with Gasteiger partial charge in [0.05, 0.1) is 18.0 Å². The highest BCUT2D eigenvalue weighted by atomic mass is 32.2. The molecule has 1 saturated heterocycles. The highest BCUT2D eigenvalue weighted by Gasteiger charge is 2.36. The molecule has 1 fully saturated rings. The molecule has 22 heavy (non-hydrogen) atoms. The lowest BCUT2D eigenvalue weighted by Gasteiger charge is -2.22. The number of hydrogen-bond donors (Lipinski definition) is 1. The second kappa shape index (κ2) is 5.86. The normalized spacial score (nSPS) is 19.8. The smallest absolute Gasteiger partial charge is 0.280 e. The number of aryl methyl sites for hydroxylation is 2. The van der Waals surface area contributed by atoms with Gasteiger partial charge in [0.1, 0.15) is 11.5 Å². The molecule has 120 valence electrons. The van der Waals surface area contributed by atoms with Gasteiger partial charge in [-0.05, 0) is 38.8 Å². The van der Waals surface area contributed by atoms with Crippen molar-refractivity contribution in [1.82, 2.24) is 14.2 Å². The Balaban J connectivity index is 1.75. The topological polar surface area (TPSA) is 88.6 Å². The van der Waals surface area contributed by atoms with E-state index in [1.807, 2.05) is 6.07 Å². The van der Waals surface area contributed by atoms with Crippen molar-refractivity contribution in [2.45, 2.75) is 39.3 Å². The Morgan fingerprint density at radius 2 is 2.27 bits per heavy atom. The van der Waals surface area contributed by atoms with Crippen LogP contribution in [0.4, 0.5) is 0 Å². The molecule has 0 unspecified atom stereocenters. The summed E-state index contributed by atoms with van der Waals surface area (Å²) in [4.78, 5) is 0. The van der Waals surface area contributed by atoms with Gasteiger partial charge in [-0.1, -0.05) is 5.16 Å². The van der Waals surface area contributed by atoms with Gasteiger partial charge in [0, 0.05) is 18.7 Å². The van der Waals surface area contributed by atoms with Gasteiger partial charge in [0.2, 0.25) is 0 Å². The van der Waals surface area contributed by atoms with Crippen LogP contribution >= 0.6 is 0 Å². The van der Waals surface area contributed by atoms with Crippen molar-refractivity contribution in [3.63, 3.8) is 0 Å². The molecule has 2 aromatic rings. The van der Waals surface area contributed by atoms with Crippen LogP contribution in [0.25, 0.3) is 0 Å². The maximum atomic E-state index is 12.6. The highest BCUT2D eigenvalue weighted by molar-refractivity contribution is 7.87. The third-order valence-electron chi connectivity index (χ3n) is 4.00. The van der Waals surface area contributed by atoms with Crippen LogP contribution in [-0.4, -0.2) is 24.4 Å². The number of aromatic nitrogens is 1. The Morgan fingerprint density at radius 1 is 1.45 bits per heavy atom. The molecule has 1 atom stereocenters.